The normalized spacial score (nSPS) is 16.3. The van der Waals surface area contributed by atoms with Gasteiger partial charge in [-0.25, -0.2) is 4.21 Å². The Bertz CT molecular complexity index is 648. The Labute approximate surface area is 134 Å². The molecule has 1 fully saturated rings. The summed E-state index contributed by atoms with van der Waals surface area (Å²) in [5.74, 6) is 0. The second-order valence-corrected chi connectivity index (χ2v) is 6.96. The molecule has 0 bridgehead atoms. The fourth-order valence-electron chi connectivity index (χ4n) is 2.79. The maximum absolute atomic E-state index is 12.5. The number of nitrogens with one attached hydrogen (secondary N) is 1. The highest BCUT2D eigenvalue weighted by Crippen LogP contribution is 2.29. The van der Waals surface area contributed by atoms with Crippen molar-refractivity contribution in [2.45, 2.75) is 31.1 Å². The van der Waals surface area contributed by atoms with Gasteiger partial charge in [-0.05, 0) is 50.5 Å². The summed E-state index contributed by atoms with van der Waals surface area (Å²) in [4.78, 5) is 3.19. The van der Waals surface area contributed by atoms with Gasteiger partial charge in [0.2, 0.25) is 0 Å². The van der Waals surface area contributed by atoms with Crippen LogP contribution in [-0.4, -0.2) is 17.3 Å². The van der Waals surface area contributed by atoms with Crippen molar-refractivity contribution in [3.63, 3.8) is 0 Å². The van der Waals surface area contributed by atoms with Crippen LogP contribution in [0.1, 0.15) is 24.8 Å². The number of benzene rings is 2. The summed E-state index contributed by atoms with van der Waals surface area (Å²) in [6.45, 7) is 4.19. The standard InChI is InChI=1S/C18H22N2OS/c1-15-9-11-16(12-10-15)22(21)19-17-7-3-4-8-18(17)20-13-5-2-6-14-20/h3-4,7-12,19H,2,5-6,13-14H2,1H3. The first-order valence-electron chi connectivity index (χ1n) is 7.83. The molecular formula is C18H22N2OS. The van der Waals surface area contributed by atoms with Crippen molar-refractivity contribution in [3.8, 4) is 0 Å². The van der Waals surface area contributed by atoms with Crippen LogP contribution in [0.5, 0.6) is 0 Å². The molecule has 1 heterocycles. The molecule has 0 aliphatic carbocycles. The van der Waals surface area contributed by atoms with Crippen molar-refractivity contribution in [1.29, 1.82) is 0 Å². The molecule has 22 heavy (non-hydrogen) atoms. The average molecular weight is 314 g/mol. The Morgan fingerprint density at radius 1 is 0.955 bits per heavy atom. The first-order chi connectivity index (χ1) is 10.7. The zero-order valence-corrected chi connectivity index (χ0v) is 13.7. The summed E-state index contributed by atoms with van der Waals surface area (Å²) in [6, 6.07) is 16.0. The van der Waals surface area contributed by atoms with E-state index in [9.17, 15) is 4.21 Å². The molecule has 3 nitrogen and oxygen atoms in total. The number of anilines is 2. The number of hydrogen-bond donors (Lipinski definition) is 1. The van der Waals surface area contributed by atoms with Gasteiger partial charge < -0.3 is 4.90 Å². The molecule has 4 heteroatoms. The molecule has 2 aromatic carbocycles. The lowest BCUT2D eigenvalue weighted by molar-refractivity contribution is 0.578. The van der Waals surface area contributed by atoms with Crippen LogP contribution < -0.4 is 9.62 Å². The van der Waals surface area contributed by atoms with E-state index in [1.807, 2.05) is 49.4 Å². The van der Waals surface area contributed by atoms with Gasteiger partial charge in [-0.2, -0.15) is 0 Å². The summed E-state index contributed by atoms with van der Waals surface area (Å²) in [5, 5.41) is 0. The first kappa shape index (κ1) is 15.1. The molecular weight excluding hydrogens is 292 g/mol. The third kappa shape index (κ3) is 3.50. The smallest absolute Gasteiger partial charge is 0.150 e. The van der Waals surface area contributed by atoms with E-state index in [1.165, 1.54) is 24.8 Å². The molecule has 0 saturated carbocycles. The van der Waals surface area contributed by atoms with Gasteiger partial charge in [0, 0.05) is 13.1 Å². The summed E-state index contributed by atoms with van der Waals surface area (Å²) in [7, 11) is -1.23. The van der Waals surface area contributed by atoms with Crippen molar-refractivity contribution >= 4 is 22.4 Å². The van der Waals surface area contributed by atoms with E-state index in [2.05, 4.69) is 15.7 Å². The average Bonchev–Trinajstić information content (AvgIpc) is 2.57. The van der Waals surface area contributed by atoms with Gasteiger partial charge in [0.15, 0.2) is 0 Å². The van der Waals surface area contributed by atoms with Gasteiger partial charge in [-0.1, -0.05) is 29.8 Å². The Kier molecular flexibility index (Phi) is 4.78. The lowest BCUT2D eigenvalue weighted by atomic mass is 10.1. The van der Waals surface area contributed by atoms with Crippen LogP contribution in [0.3, 0.4) is 0 Å². The molecule has 0 amide bonds. The topological polar surface area (TPSA) is 32.3 Å². The second kappa shape index (κ2) is 6.97. The molecule has 1 saturated heterocycles. The highest BCUT2D eigenvalue weighted by Gasteiger charge is 2.15. The molecule has 1 aliphatic rings. The predicted molar refractivity (Wildman–Crippen MR) is 93.7 cm³/mol. The summed E-state index contributed by atoms with van der Waals surface area (Å²) < 4.78 is 15.7. The van der Waals surface area contributed by atoms with Gasteiger partial charge in [0.25, 0.3) is 0 Å². The van der Waals surface area contributed by atoms with E-state index in [-0.39, 0.29) is 0 Å². The van der Waals surface area contributed by atoms with Gasteiger partial charge in [0.05, 0.1) is 16.3 Å². The fourth-order valence-corrected chi connectivity index (χ4v) is 3.66. The molecule has 0 spiro atoms. The zero-order valence-electron chi connectivity index (χ0n) is 12.9. The minimum absolute atomic E-state index is 0.805. The fraction of sp³-hybridized carbons (Fsp3) is 0.333. The van der Waals surface area contributed by atoms with E-state index < -0.39 is 11.0 Å². The Hall–Kier alpha value is -1.81. The number of hydrogen-bond acceptors (Lipinski definition) is 2. The molecule has 1 unspecified atom stereocenters. The van der Waals surface area contributed by atoms with Gasteiger partial charge in [-0.15, -0.1) is 0 Å². The molecule has 3 rings (SSSR count). The third-order valence-corrected chi connectivity index (χ3v) is 5.14. The van der Waals surface area contributed by atoms with Crippen molar-refractivity contribution in [2.75, 3.05) is 22.7 Å². The van der Waals surface area contributed by atoms with Crippen molar-refractivity contribution in [1.82, 2.24) is 0 Å². The van der Waals surface area contributed by atoms with Crippen molar-refractivity contribution in [2.24, 2.45) is 0 Å². The van der Waals surface area contributed by atoms with Gasteiger partial charge >= 0.3 is 0 Å². The van der Waals surface area contributed by atoms with Crippen LogP contribution in [-0.2, 0) is 11.0 Å². The number of rotatable bonds is 4. The minimum atomic E-state index is -1.23. The maximum atomic E-state index is 12.5. The molecule has 2 aromatic rings. The number of para-hydroxylation sites is 2. The number of piperidine rings is 1. The van der Waals surface area contributed by atoms with Gasteiger partial charge in [-0.3, -0.25) is 4.72 Å². The van der Waals surface area contributed by atoms with Crippen LogP contribution in [0.25, 0.3) is 0 Å². The summed E-state index contributed by atoms with van der Waals surface area (Å²) in [6.07, 6.45) is 3.77. The van der Waals surface area contributed by atoms with Crippen molar-refractivity contribution in [3.05, 3.63) is 54.1 Å². The van der Waals surface area contributed by atoms with E-state index in [0.29, 0.717) is 0 Å². The zero-order chi connectivity index (χ0) is 15.4. The highest BCUT2D eigenvalue weighted by molar-refractivity contribution is 7.86. The van der Waals surface area contributed by atoms with Crippen LogP contribution >= 0.6 is 0 Å². The molecule has 1 aliphatic heterocycles. The molecule has 116 valence electrons. The van der Waals surface area contributed by atoms with Gasteiger partial charge in [0.1, 0.15) is 11.0 Å². The summed E-state index contributed by atoms with van der Waals surface area (Å²) >= 11 is 0. The minimum Gasteiger partial charge on any atom is -0.370 e. The van der Waals surface area contributed by atoms with Crippen LogP contribution in [0.15, 0.2) is 53.4 Å². The van der Waals surface area contributed by atoms with Crippen LogP contribution in [0.4, 0.5) is 11.4 Å². The third-order valence-electron chi connectivity index (χ3n) is 4.04. The SMILES string of the molecule is Cc1ccc(S(=O)Nc2ccccc2N2CCCCC2)cc1. The quantitative estimate of drug-likeness (QED) is 0.920. The number of aryl methyl sites for hydroxylation is 1. The first-order valence-corrected chi connectivity index (χ1v) is 8.98. The van der Waals surface area contributed by atoms with E-state index >= 15 is 0 Å². The Balaban J connectivity index is 1.79. The van der Waals surface area contributed by atoms with E-state index in [1.54, 1.807) is 0 Å². The lowest BCUT2D eigenvalue weighted by Gasteiger charge is -2.30. The van der Waals surface area contributed by atoms with Crippen molar-refractivity contribution < 1.29 is 4.21 Å². The predicted octanol–water partition coefficient (Wildman–Crippen LogP) is 4.12. The Morgan fingerprint density at radius 3 is 2.36 bits per heavy atom. The van der Waals surface area contributed by atoms with E-state index in [0.717, 1.165) is 29.4 Å². The monoisotopic (exact) mass is 314 g/mol. The number of nitrogens with zero attached hydrogens (tertiary/aromatic N) is 1. The Morgan fingerprint density at radius 2 is 1.64 bits per heavy atom. The summed E-state index contributed by atoms with van der Waals surface area (Å²) in [5.41, 5.74) is 3.28. The largest absolute Gasteiger partial charge is 0.370 e. The molecule has 1 N–H and O–H groups in total. The molecule has 1 atom stereocenters. The second-order valence-electron chi connectivity index (χ2n) is 5.75. The highest BCUT2D eigenvalue weighted by atomic mass is 32.2. The van der Waals surface area contributed by atoms with Crippen LogP contribution in [0, 0.1) is 6.92 Å². The lowest BCUT2D eigenvalue weighted by Crippen LogP contribution is -2.30. The van der Waals surface area contributed by atoms with Crippen LogP contribution in [0.2, 0.25) is 0 Å². The maximum Gasteiger partial charge on any atom is 0.150 e. The van der Waals surface area contributed by atoms with E-state index in [4.69, 9.17) is 0 Å². The molecule has 0 radical (unpaired) electrons. The molecule has 0 aromatic heterocycles.